The molecule has 0 aliphatic rings. The molecule has 0 fully saturated rings. The highest BCUT2D eigenvalue weighted by atomic mass is 16.5. The number of rotatable bonds is 11. The molecule has 0 saturated carbocycles. The minimum absolute atomic E-state index is 0.0468. The summed E-state index contributed by atoms with van der Waals surface area (Å²) < 4.78 is 7.12. The van der Waals surface area contributed by atoms with Gasteiger partial charge in [-0.25, -0.2) is 5.43 Å². The first kappa shape index (κ1) is 23.8. The van der Waals surface area contributed by atoms with E-state index in [-0.39, 0.29) is 17.3 Å². The van der Waals surface area contributed by atoms with E-state index in [0.29, 0.717) is 18.1 Å². The maximum Gasteiger partial charge on any atom is 0.290 e. The van der Waals surface area contributed by atoms with Gasteiger partial charge in [0.15, 0.2) is 0 Å². The van der Waals surface area contributed by atoms with Crippen LogP contribution in [0.3, 0.4) is 0 Å². The fourth-order valence-electron chi connectivity index (χ4n) is 3.13. The monoisotopic (exact) mass is 451 g/mol. The maximum absolute atomic E-state index is 12.7. The lowest BCUT2D eigenvalue weighted by Crippen LogP contribution is -2.24. The van der Waals surface area contributed by atoms with E-state index in [2.05, 4.69) is 37.7 Å². The van der Waals surface area contributed by atoms with Gasteiger partial charge in [-0.2, -0.15) is 14.9 Å². The molecule has 0 bridgehead atoms. The molecule has 0 radical (unpaired) electrons. The molecule has 174 valence electrons. The Kier molecular flexibility index (Phi) is 8.45. The number of nitrogens with one attached hydrogen (secondary N) is 2. The molecular weight excluding hydrogens is 422 g/mol. The first-order valence-corrected chi connectivity index (χ1v) is 11.1. The number of unbranched alkanes of at least 4 members (excludes halogenated alkanes) is 4. The molecule has 33 heavy (non-hydrogen) atoms. The highest BCUT2D eigenvalue weighted by Crippen LogP contribution is 2.16. The van der Waals surface area contributed by atoms with Crippen molar-refractivity contribution in [2.45, 2.75) is 52.9 Å². The highest BCUT2D eigenvalue weighted by Gasteiger charge is 2.17. The Morgan fingerprint density at radius 2 is 1.97 bits per heavy atom. The molecule has 1 amide bonds. The number of aromatic amines is 1. The van der Waals surface area contributed by atoms with Gasteiger partial charge in [-0.3, -0.25) is 14.6 Å². The van der Waals surface area contributed by atoms with Crippen LogP contribution in [-0.4, -0.2) is 43.7 Å². The molecule has 2 N–H and O–H groups in total. The Bertz CT molecular complexity index is 1170. The molecule has 3 rings (SSSR count). The van der Waals surface area contributed by atoms with E-state index in [1.165, 1.54) is 30.2 Å². The van der Waals surface area contributed by atoms with Crippen LogP contribution in [0.4, 0.5) is 0 Å². The summed E-state index contributed by atoms with van der Waals surface area (Å²) >= 11 is 0. The van der Waals surface area contributed by atoms with E-state index < -0.39 is 11.5 Å². The van der Waals surface area contributed by atoms with Crippen molar-refractivity contribution >= 4 is 12.1 Å². The molecule has 3 aromatic rings. The summed E-state index contributed by atoms with van der Waals surface area (Å²) in [5.74, 6) is 0.245. The van der Waals surface area contributed by atoms with Crippen LogP contribution in [0, 0.1) is 13.8 Å². The van der Waals surface area contributed by atoms with Crippen LogP contribution in [0.25, 0.3) is 5.95 Å². The van der Waals surface area contributed by atoms with Crippen molar-refractivity contribution in [1.82, 2.24) is 30.4 Å². The largest absolute Gasteiger partial charge is 0.493 e. The SMILES string of the molecule is CCCCCCCOc1ccccc1/C=N\NC(=O)c1cc(C)nn1-c1nnc(C)c(=O)[nH]1. The van der Waals surface area contributed by atoms with Gasteiger partial charge in [-0.05, 0) is 38.5 Å². The van der Waals surface area contributed by atoms with Gasteiger partial charge in [0.2, 0.25) is 0 Å². The lowest BCUT2D eigenvalue weighted by Gasteiger charge is -2.09. The van der Waals surface area contributed by atoms with Crippen molar-refractivity contribution in [1.29, 1.82) is 0 Å². The Hall–Kier alpha value is -3.82. The van der Waals surface area contributed by atoms with E-state index in [1.54, 1.807) is 19.9 Å². The maximum atomic E-state index is 12.7. The average molecular weight is 452 g/mol. The molecule has 0 saturated heterocycles. The molecule has 10 heteroatoms. The van der Waals surface area contributed by atoms with E-state index in [4.69, 9.17) is 4.74 Å². The minimum atomic E-state index is -0.510. The number of hydrogen-bond acceptors (Lipinski definition) is 7. The van der Waals surface area contributed by atoms with Gasteiger partial charge >= 0.3 is 0 Å². The smallest absolute Gasteiger partial charge is 0.290 e. The van der Waals surface area contributed by atoms with Crippen LogP contribution in [0.2, 0.25) is 0 Å². The van der Waals surface area contributed by atoms with Crippen LogP contribution >= 0.6 is 0 Å². The minimum Gasteiger partial charge on any atom is -0.493 e. The summed E-state index contributed by atoms with van der Waals surface area (Å²) in [6.07, 6.45) is 7.34. The Morgan fingerprint density at radius 3 is 2.76 bits per heavy atom. The average Bonchev–Trinajstić information content (AvgIpc) is 3.20. The standard InChI is InChI=1S/C23H29N7O3/c1-4-5-6-7-10-13-33-20-12-9-8-11-18(20)15-24-27-22(32)19-14-16(2)29-30(19)23-25-21(31)17(3)26-28-23/h8-9,11-12,14-15H,4-7,10,13H2,1-3H3,(H,27,32)(H,25,28,31)/b24-15-. The van der Waals surface area contributed by atoms with Gasteiger partial charge in [-0.15, -0.1) is 10.2 Å². The molecule has 0 aliphatic heterocycles. The molecule has 1 aromatic carbocycles. The molecule has 0 spiro atoms. The second-order valence-corrected chi connectivity index (χ2v) is 7.65. The molecule has 2 heterocycles. The van der Waals surface area contributed by atoms with Gasteiger partial charge in [0, 0.05) is 5.56 Å². The highest BCUT2D eigenvalue weighted by molar-refractivity contribution is 5.94. The van der Waals surface area contributed by atoms with Gasteiger partial charge in [0.25, 0.3) is 17.4 Å². The van der Waals surface area contributed by atoms with Crippen LogP contribution in [0.15, 0.2) is 40.2 Å². The first-order chi connectivity index (χ1) is 16.0. The number of carbonyl (C=O) groups excluding carboxylic acids is 1. The predicted molar refractivity (Wildman–Crippen MR) is 125 cm³/mol. The van der Waals surface area contributed by atoms with E-state index >= 15 is 0 Å². The third-order valence-corrected chi connectivity index (χ3v) is 4.91. The fraction of sp³-hybridized carbons (Fsp3) is 0.391. The number of hydrazone groups is 1. The van der Waals surface area contributed by atoms with Crippen molar-refractivity contribution in [3.8, 4) is 11.7 Å². The van der Waals surface area contributed by atoms with Crippen LogP contribution in [-0.2, 0) is 0 Å². The van der Waals surface area contributed by atoms with Crippen molar-refractivity contribution in [2.24, 2.45) is 5.10 Å². The first-order valence-electron chi connectivity index (χ1n) is 11.1. The lowest BCUT2D eigenvalue weighted by atomic mass is 10.2. The zero-order valence-corrected chi connectivity index (χ0v) is 19.2. The normalized spacial score (nSPS) is 11.1. The zero-order valence-electron chi connectivity index (χ0n) is 19.2. The zero-order chi connectivity index (χ0) is 23.6. The molecular formula is C23H29N7O3. The number of hydrogen-bond donors (Lipinski definition) is 2. The molecule has 0 unspecified atom stereocenters. The number of amides is 1. The number of ether oxygens (including phenoxy) is 1. The van der Waals surface area contributed by atoms with E-state index in [1.807, 2.05) is 24.3 Å². The second kappa shape index (κ2) is 11.7. The Balaban J connectivity index is 1.65. The Labute approximate surface area is 192 Å². The topological polar surface area (TPSA) is 127 Å². The van der Waals surface area contributed by atoms with Crippen molar-refractivity contribution in [3.05, 3.63) is 63.3 Å². The van der Waals surface area contributed by atoms with Crippen LogP contribution < -0.4 is 15.7 Å². The number of H-pyrrole nitrogens is 1. The fourth-order valence-corrected chi connectivity index (χ4v) is 3.13. The van der Waals surface area contributed by atoms with E-state index in [9.17, 15) is 9.59 Å². The summed E-state index contributed by atoms with van der Waals surface area (Å²) in [5, 5.41) is 16.0. The van der Waals surface area contributed by atoms with Crippen molar-refractivity contribution < 1.29 is 9.53 Å². The lowest BCUT2D eigenvalue weighted by molar-refractivity contribution is 0.0947. The third-order valence-electron chi connectivity index (χ3n) is 4.91. The van der Waals surface area contributed by atoms with Crippen molar-refractivity contribution in [3.63, 3.8) is 0 Å². The molecule has 0 aliphatic carbocycles. The second-order valence-electron chi connectivity index (χ2n) is 7.65. The Morgan fingerprint density at radius 1 is 1.18 bits per heavy atom. The molecule has 0 atom stereocenters. The quantitative estimate of drug-likeness (QED) is 0.262. The molecule has 2 aromatic heterocycles. The van der Waals surface area contributed by atoms with E-state index in [0.717, 1.165) is 18.4 Å². The van der Waals surface area contributed by atoms with Crippen molar-refractivity contribution in [2.75, 3.05) is 6.61 Å². The van der Waals surface area contributed by atoms with Gasteiger partial charge < -0.3 is 4.74 Å². The number of para-hydroxylation sites is 1. The summed E-state index contributed by atoms with van der Waals surface area (Å²) in [7, 11) is 0. The number of benzene rings is 1. The molecule has 10 nitrogen and oxygen atoms in total. The number of aromatic nitrogens is 5. The summed E-state index contributed by atoms with van der Waals surface area (Å²) in [5.41, 5.74) is 3.80. The van der Waals surface area contributed by atoms with Gasteiger partial charge in [0.05, 0.1) is 18.5 Å². The van der Waals surface area contributed by atoms with Gasteiger partial charge in [-0.1, -0.05) is 44.7 Å². The van der Waals surface area contributed by atoms with Gasteiger partial charge in [0.1, 0.15) is 17.1 Å². The van der Waals surface area contributed by atoms with Crippen LogP contribution in [0.1, 0.15) is 66.5 Å². The van der Waals surface area contributed by atoms with Crippen LogP contribution in [0.5, 0.6) is 5.75 Å². The summed E-state index contributed by atoms with van der Waals surface area (Å²) in [4.78, 5) is 27.1. The number of aryl methyl sites for hydroxylation is 2. The predicted octanol–water partition coefficient (Wildman–Crippen LogP) is 3.08. The summed E-state index contributed by atoms with van der Waals surface area (Å²) in [6, 6.07) is 9.08. The summed E-state index contributed by atoms with van der Waals surface area (Å²) in [6.45, 7) is 6.10. The number of nitrogens with zero attached hydrogens (tertiary/aromatic N) is 5. The number of carbonyl (C=O) groups is 1. The third kappa shape index (κ3) is 6.58.